The number of anilines is 2. The molecular formula is C12H21N5. The maximum absolute atomic E-state index is 4.53. The van der Waals surface area contributed by atoms with Gasteiger partial charge >= 0.3 is 0 Å². The minimum atomic E-state index is 0.537. The summed E-state index contributed by atoms with van der Waals surface area (Å²) >= 11 is 0. The molecule has 0 aliphatic carbocycles. The van der Waals surface area contributed by atoms with E-state index in [1.165, 1.54) is 19.4 Å². The van der Waals surface area contributed by atoms with Gasteiger partial charge in [-0.15, -0.1) is 0 Å². The zero-order valence-corrected chi connectivity index (χ0v) is 10.8. The van der Waals surface area contributed by atoms with E-state index in [-0.39, 0.29) is 0 Å². The highest BCUT2D eigenvalue weighted by Gasteiger charge is 2.22. The van der Waals surface area contributed by atoms with Crippen molar-refractivity contribution in [2.45, 2.75) is 18.9 Å². The van der Waals surface area contributed by atoms with Crippen LogP contribution >= 0.6 is 0 Å². The Kier molecular flexibility index (Phi) is 3.78. The Labute approximate surface area is 103 Å². The smallest absolute Gasteiger partial charge is 0.149 e. The minimum absolute atomic E-state index is 0.537. The van der Waals surface area contributed by atoms with Crippen molar-refractivity contribution < 1.29 is 0 Å². The topological polar surface area (TPSA) is 44.3 Å². The number of rotatable bonds is 3. The average Bonchev–Trinajstić information content (AvgIpc) is 2.38. The summed E-state index contributed by atoms with van der Waals surface area (Å²) in [5, 5.41) is 3.02. The van der Waals surface area contributed by atoms with Crippen LogP contribution in [0.1, 0.15) is 12.8 Å². The van der Waals surface area contributed by atoms with Crippen molar-refractivity contribution in [3.8, 4) is 0 Å². The van der Waals surface area contributed by atoms with Gasteiger partial charge in [0.05, 0.1) is 12.4 Å². The molecule has 0 bridgehead atoms. The molecule has 5 nitrogen and oxygen atoms in total. The lowest BCUT2D eigenvalue weighted by atomic mass is 10.1. The Morgan fingerprint density at radius 1 is 1.47 bits per heavy atom. The fraction of sp³-hybridized carbons (Fsp3) is 0.667. The van der Waals surface area contributed by atoms with Gasteiger partial charge in [-0.1, -0.05) is 0 Å². The van der Waals surface area contributed by atoms with Crippen LogP contribution in [0.4, 0.5) is 11.6 Å². The molecule has 1 aromatic heterocycles. The third-order valence-corrected chi connectivity index (χ3v) is 3.39. The van der Waals surface area contributed by atoms with E-state index in [2.05, 4.69) is 39.2 Å². The van der Waals surface area contributed by atoms with Crippen molar-refractivity contribution in [2.24, 2.45) is 0 Å². The monoisotopic (exact) mass is 235 g/mol. The number of aromatic nitrogens is 2. The highest BCUT2D eigenvalue weighted by molar-refractivity contribution is 5.43. The number of nitrogens with zero attached hydrogens (tertiary/aromatic N) is 4. The zero-order valence-electron chi connectivity index (χ0n) is 10.8. The van der Waals surface area contributed by atoms with Gasteiger partial charge in [0, 0.05) is 26.7 Å². The second-order valence-electron chi connectivity index (χ2n) is 4.68. The van der Waals surface area contributed by atoms with E-state index >= 15 is 0 Å². The number of likely N-dealkylation sites (tertiary alicyclic amines) is 1. The van der Waals surface area contributed by atoms with E-state index in [9.17, 15) is 0 Å². The third kappa shape index (κ3) is 2.85. The molecule has 1 saturated heterocycles. The number of likely N-dealkylation sites (N-methyl/N-ethyl adjacent to an activating group) is 2. The standard InChI is InChI=1S/C12H21N5/c1-13-11-7-14-8-12(15-11)17(3)10-5-4-6-16(2)9-10/h7-8,10H,4-6,9H2,1-3H3,(H,13,15). The maximum Gasteiger partial charge on any atom is 0.149 e. The van der Waals surface area contributed by atoms with E-state index in [0.29, 0.717) is 6.04 Å². The Hall–Kier alpha value is -1.36. The van der Waals surface area contributed by atoms with E-state index in [1.807, 2.05) is 13.2 Å². The molecule has 5 heteroatoms. The molecule has 0 aromatic carbocycles. The van der Waals surface area contributed by atoms with Gasteiger partial charge in [0.2, 0.25) is 0 Å². The molecule has 1 N–H and O–H groups in total. The van der Waals surface area contributed by atoms with E-state index in [1.54, 1.807) is 6.20 Å². The molecule has 2 heterocycles. The molecule has 0 saturated carbocycles. The lowest BCUT2D eigenvalue weighted by Crippen LogP contribution is -2.45. The van der Waals surface area contributed by atoms with Crippen molar-refractivity contribution in [1.82, 2.24) is 14.9 Å². The molecule has 0 radical (unpaired) electrons. The molecule has 1 aromatic rings. The summed E-state index contributed by atoms with van der Waals surface area (Å²) in [7, 11) is 6.14. The third-order valence-electron chi connectivity index (χ3n) is 3.39. The highest BCUT2D eigenvalue weighted by Crippen LogP contribution is 2.19. The maximum atomic E-state index is 4.53. The van der Waals surface area contributed by atoms with Gasteiger partial charge in [-0.05, 0) is 26.4 Å². The lowest BCUT2D eigenvalue weighted by Gasteiger charge is -2.36. The summed E-state index contributed by atoms with van der Waals surface area (Å²) in [4.78, 5) is 13.3. The molecule has 2 rings (SSSR count). The second kappa shape index (κ2) is 5.31. The number of nitrogens with one attached hydrogen (secondary N) is 1. The molecule has 1 aliphatic heterocycles. The van der Waals surface area contributed by atoms with Crippen LogP contribution in [0, 0.1) is 0 Å². The first-order chi connectivity index (χ1) is 8.20. The van der Waals surface area contributed by atoms with Crippen LogP contribution in [-0.2, 0) is 0 Å². The van der Waals surface area contributed by atoms with Gasteiger partial charge in [-0.2, -0.15) is 0 Å². The second-order valence-corrected chi connectivity index (χ2v) is 4.68. The van der Waals surface area contributed by atoms with E-state index in [4.69, 9.17) is 0 Å². The predicted molar refractivity (Wildman–Crippen MR) is 70.5 cm³/mol. The number of hydrogen-bond acceptors (Lipinski definition) is 5. The molecule has 1 aliphatic rings. The van der Waals surface area contributed by atoms with Gasteiger partial charge in [-0.25, -0.2) is 4.98 Å². The molecule has 0 spiro atoms. The Morgan fingerprint density at radius 3 is 3.00 bits per heavy atom. The Bertz CT molecular complexity index is 368. The summed E-state index contributed by atoms with van der Waals surface area (Å²) in [6.45, 7) is 2.30. The molecule has 0 amide bonds. The molecular weight excluding hydrogens is 214 g/mol. The highest BCUT2D eigenvalue weighted by atomic mass is 15.3. The quantitative estimate of drug-likeness (QED) is 0.848. The Balaban J connectivity index is 2.09. The van der Waals surface area contributed by atoms with Crippen molar-refractivity contribution in [3.05, 3.63) is 12.4 Å². The minimum Gasteiger partial charge on any atom is -0.372 e. The molecule has 1 fully saturated rings. The molecule has 1 atom stereocenters. The molecule has 1 unspecified atom stereocenters. The van der Waals surface area contributed by atoms with Crippen molar-refractivity contribution in [1.29, 1.82) is 0 Å². The molecule has 94 valence electrons. The SMILES string of the molecule is CNc1cncc(N(C)C2CCCN(C)C2)n1. The summed E-state index contributed by atoms with van der Waals surface area (Å²) in [6, 6.07) is 0.537. The van der Waals surface area contributed by atoms with E-state index in [0.717, 1.165) is 18.2 Å². The van der Waals surface area contributed by atoms with Gasteiger partial charge in [0.25, 0.3) is 0 Å². The lowest BCUT2D eigenvalue weighted by molar-refractivity contribution is 0.247. The summed E-state index contributed by atoms with van der Waals surface area (Å²) in [5.41, 5.74) is 0. The number of hydrogen-bond donors (Lipinski definition) is 1. The first-order valence-electron chi connectivity index (χ1n) is 6.12. The van der Waals surface area contributed by atoms with Crippen LogP contribution in [0.3, 0.4) is 0 Å². The van der Waals surface area contributed by atoms with E-state index < -0.39 is 0 Å². The van der Waals surface area contributed by atoms with Gasteiger partial charge in [0.1, 0.15) is 11.6 Å². The van der Waals surface area contributed by atoms with Gasteiger partial charge < -0.3 is 15.1 Å². The summed E-state index contributed by atoms with van der Waals surface area (Å²) < 4.78 is 0. The van der Waals surface area contributed by atoms with Gasteiger partial charge in [0.15, 0.2) is 0 Å². The Morgan fingerprint density at radius 2 is 2.29 bits per heavy atom. The first-order valence-corrected chi connectivity index (χ1v) is 6.12. The van der Waals surface area contributed by atoms with Crippen LogP contribution in [0.2, 0.25) is 0 Å². The number of piperidine rings is 1. The van der Waals surface area contributed by atoms with Crippen LogP contribution in [-0.4, -0.2) is 55.1 Å². The first kappa shape index (κ1) is 12.1. The largest absolute Gasteiger partial charge is 0.372 e. The van der Waals surface area contributed by atoms with Gasteiger partial charge in [-0.3, -0.25) is 4.98 Å². The average molecular weight is 235 g/mol. The fourth-order valence-corrected chi connectivity index (χ4v) is 2.29. The van der Waals surface area contributed by atoms with Crippen LogP contribution < -0.4 is 10.2 Å². The van der Waals surface area contributed by atoms with Crippen LogP contribution in [0.5, 0.6) is 0 Å². The predicted octanol–water partition coefficient (Wildman–Crippen LogP) is 1.05. The van der Waals surface area contributed by atoms with Crippen LogP contribution in [0.15, 0.2) is 12.4 Å². The van der Waals surface area contributed by atoms with Crippen molar-refractivity contribution >= 4 is 11.6 Å². The van der Waals surface area contributed by atoms with Crippen molar-refractivity contribution in [2.75, 3.05) is 44.4 Å². The zero-order chi connectivity index (χ0) is 12.3. The van der Waals surface area contributed by atoms with Crippen LogP contribution in [0.25, 0.3) is 0 Å². The fourth-order valence-electron chi connectivity index (χ4n) is 2.29. The summed E-state index contributed by atoms with van der Waals surface area (Å²) in [5.74, 6) is 1.76. The normalized spacial score (nSPS) is 21.2. The molecule has 17 heavy (non-hydrogen) atoms. The van der Waals surface area contributed by atoms with Crippen molar-refractivity contribution in [3.63, 3.8) is 0 Å². The summed E-state index contributed by atoms with van der Waals surface area (Å²) in [6.07, 6.45) is 6.05.